The summed E-state index contributed by atoms with van der Waals surface area (Å²) < 4.78 is 0. The zero-order valence-corrected chi connectivity index (χ0v) is 12.1. The van der Waals surface area contributed by atoms with Crippen molar-refractivity contribution in [3.05, 3.63) is 18.0 Å². The van der Waals surface area contributed by atoms with Crippen LogP contribution in [-0.2, 0) is 16.0 Å². The third kappa shape index (κ3) is 3.59. The molecule has 1 aliphatic heterocycles. The maximum absolute atomic E-state index is 12.1. The molecule has 2 rings (SSSR count). The number of hydrogen-bond acceptors (Lipinski definition) is 3. The van der Waals surface area contributed by atoms with E-state index in [2.05, 4.69) is 15.5 Å². The van der Waals surface area contributed by atoms with Gasteiger partial charge in [-0.15, -0.1) is 0 Å². The standard InChI is InChI=1S/C14H22N4O2/c1-10(2)18-9-11(3-4-13(18)19)14(20)15-7-5-12-6-8-16-17-12/h6,8,10-11H,3-5,7,9H2,1-2H3,(H,15,20)(H,16,17)/t11-/m0/s1. The molecule has 1 aromatic heterocycles. The van der Waals surface area contributed by atoms with Gasteiger partial charge in [-0.05, 0) is 26.3 Å². The number of H-pyrrole nitrogens is 1. The van der Waals surface area contributed by atoms with E-state index in [1.54, 1.807) is 11.1 Å². The number of hydrogen-bond donors (Lipinski definition) is 2. The third-order valence-corrected chi connectivity index (χ3v) is 3.69. The fourth-order valence-corrected chi connectivity index (χ4v) is 2.47. The van der Waals surface area contributed by atoms with Crippen LogP contribution >= 0.6 is 0 Å². The molecule has 0 aromatic carbocycles. The van der Waals surface area contributed by atoms with E-state index in [0.29, 0.717) is 25.9 Å². The van der Waals surface area contributed by atoms with E-state index in [0.717, 1.165) is 12.1 Å². The van der Waals surface area contributed by atoms with Crippen LogP contribution in [0.15, 0.2) is 12.3 Å². The van der Waals surface area contributed by atoms with E-state index < -0.39 is 0 Å². The molecule has 1 aliphatic rings. The van der Waals surface area contributed by atoms with E-state index in [1.165, 1.54) is 0 Å². The topological polar surface area (TPSA) is 78.1 Å². The normalized spacial score (nSPS) is 19.4. The van der Waals surface area contributed by atoms with Crippen LogP contribution in [0.3, 0.4) is 0 Å². The van der Waals surface area contributed by atoms with Crippen LogP contribution in [-0.4, -0.2) is 46.0 Å². The first kappa shape index (κ1) is 14.6. The van der Waals surface area contributed by atoms with Crippen molar-refractivity contribution in [1.29, 1.82) is 0 Å². The molecule has 6 nitrogen and oxygen atoms in total. The van der Waals surface area contributed by atoms with Crippen molar-refractivity contribution < 1.29 is 9.59 Å². The highest BCUT2D eigenvalue weighted by atomic mass is 16.2. The van der Waals surface area contributed by atoms with Crippen LogP contribution in [0.1, 0.15) is 32.4 Å². The van der Waals surface area contributed by atoms with Gasteiger partial charge in [-0.3, -0.25) is 14.7 Å². The lowest BCUT2D eigenvalue weighted by atomic mass is 9.95. The largest absolute Gasteiger partial charge is 0.355 e. The number of amides is 2. The second-order valence-electron chi connectivity index (χ2n) is 5.50. The van der Waals surface area contributed by atoms with Crippen molar-refractivity contribution in [3.8, 4) is 0 Å². The number of carbonyl (C=O) groups is 2. The molecule has 0 spiro atoms. The van der Waals surface area contributed by atoms with E-state index >= 15 is 0 Å². The molecule has 2 heterocycles. The number of piperidine rings is 1. The smallest absolute Gasteiger partial charge is 0.224 e. The summed E-state index contributed by atoms with van der Waals surface area (Å²) in [5.74, 6) is 0.112. The summed E-state index contributed by atoms with van der Waals surface area (Å²) in [6, 6.07) is 2.05. The lowest BCUT2D eigenvalue weighted by Crippen LogP contribution is -2.48. The van der Waals surface area contributed by atoms with Gasteiger partial charge in [0.1, 0.15) is 0 Å². The molecule has 1 aromatic rings. The van der Waals surface area contributed by atoms with E-state index in [-0.39, 0.29) is 23.8 Å². The third-order valence-electron chi connectivity index (χ3n) is 3.69. The van der Waals surface area contributed by atoms with Gasteiger partial charge >= 0.3 is 0 Å². The second-order valence-corrected chi connectivity index (χ2v) is 5.50. The van der Waals surface area contributed by atoms with Crippen LogP contribution in [0, 0.1) is 5.92 Å². The fraction of sp³-hybridized carbons (Fsp3) is 0.643. The molecule has 0 saturated carbocycles. The Labute approximate surface area is 118 Å². The molecule has 1 saturated heterocycles. The van der Waals surface area contributed by atoms with Crippen molar-refractivity contribution in [3.63, 3.8) is 0 Å². The molecule has 2 N–H and O–H groups in total. The summed E-state index contributed by atoms with van der Waals surface area (Å²) in [5, 5.41) is 9.67. The van der Waals surface area contributed by atoms with Gasteiger partial charge in [-0.25, -0.2) is 0 Å². The minimum atomic E-state index is -0.0862. The lowest BCUT2D eigenvalue weighted by molar-refractivity contribution is -0.139. The molecule has 1 fully saturated rings. The molecule has 20 heavy (non-hydrogen) atoms. The Balaban J connectivity index is 1.79. The number of carbonyl (C=O) groups excluding carboxylic acids is 2. The highest BCUT2D eigenvalue weighted by Gasteiger charge is 2.31. The van der Waals surface area contributed by atoms with Gasteiger partial charge in [0.2, 0.25) is 11.8 Å². The number of aromatic nitrogens is 2. The number of nitrogens with one attached hydrogen (secondary N) is 2. The summed E-state index contributed by atoms with van der Waals surface area (Å²) in [4.78, 5) is 25.7. The zero-order chi connectivity index (χ0) is 14.5. The van der Waals surface area contributed by atoms with Crippen molar-refractivity contribution in [2.45, 2.75) is 39.2 Å². The SMILES string of the molecule is CC(C)N1C[C@@H](C(=O)NCCc2ccn[nH]2)CCC1=O. The lowest BCUT2D eigenvalue weighted by Gasteiger charge is -2.34. The number of aromatic amines is 1. The van der Waals surface area contributed by atoms with Crippen molar-refractivity contribution in [2.75, 3.05) is 13.1 Å². The summed E-state index contributed by atoms with van der Waals surface area (Å²) in [6.45, 7) is 5.09. The molecule has 0 bridgehead atoms. The molecule has 0 aliphatic carbocycles. The minimum Gasteiger partial charge on any atom is -0.355 e. The summed E-state index contributed by atoms with van der Waals surface area (Å²) in [7, 11) is 0. The first-order valence-electron chi connectivity index (χ1n) is 7.13. The van der Waals surface area contributed by atoms with E-state index in [9.17, 15) is 9.59 Å². The maximum Gasteiger partial charge on any atom is 0.224 e. The fourth-order valence-electron chi connectivity index (χ4n) is 2.47. The first-order chi connectivity index (χ1) is 9.58. The van der Waals surface area contributed by atoms with Gasteiger partial charge in [0.25, 0.3) is 0 Å². The van der Waals surface area contributed by atoms with Crippen molar-refractivity contribution >= 4 is 11.8 Å². The molecular weight excluding hydrogens is 256 g/mol. The Hall–Kier alpha value is -1.85. The average Bonchev–Trinajstić information content (AvgIpc) is 2.92. The highest BCUT2D eigenvalue weighted by Crippen LogP contribution is 2.19. The molecule has 6 heteroatoms. The van der Waals surface area contributed by atoms with Crippen LogP contribution in [0.5, 0.6) is 0 Å². The summed E-state index contributed by atoms with van der Waals surface area (Å²) in [6.07, 6.45) is 3.56. The van der Waals surface area contributed by atoms with Crippen LogP contribution in [0.25, 0.3) is 0 Å². The number of rotatable bonds is 5. The van der Waals surface area contributed by atoms with Crippen LogP contribution in [0.4, 0.5) is 0 Å². The predicted molar refractivity (Wildman–Crippen MR) is 74.9 cm³/mol. The van der Waals surface area contributed by atoms with Gasteiger partial charge in [-0.1, -0.05) is 0 Å². The molecular formula is C14H22N4O2. The molecule has 0 radical (unpaired) electrons. The van der Waals surface area contributed by atoms with E-state index in [1.807, 2.05) is 19.9 Å². The second kappa shape index (κ2) is 6.54. The average molecular weight is 278 g/mol. The quantitative estimate of drug-likeness (QED) is 0.833. The van der Waals surface area contributed by atoms with Crippen molar-refractivity contribution in [1.82, 2.24) is 20.4 Å². The van der Waals surface area contributed by atoms with E-state index in [4.69, 9.17) is 0 Å². The molecule has 0 unspecified atom stereocenters. The van der Waals surface area contributed by atoms with Gasteiger partial charge in [0.05, 0.1) is 5.92 Å². The molecule has 2 amide bonds. The minimum absolute atomic E-state index is 0.0441. The van der Waals surface area contributed by atoms with Gasteiger partial charge < -0.3 is 10.2 Å². The van der Waals surface area contributed by atoms with Crippen LogP contribution in [0.2, 0.25) is 0 Å². The zero-order valence-electron chi connectivity index (χ0n) is 12.1. The van der Waals surface area contributed by atoms with Crippen LogP contribution < -0.4 is 5.32 Å². The molecule has 1 atom stereocenters. The van der Waals surface area contributed by atoms with Crippen molar-refractivity contribution in [2.24, 2.45) is 5.92 Å². The predicted octanol–water partition coefficient (Wildman–Crippen LogP) is 0.715. The Morgan fingerprint density at radius 1 is 1.60 bits per heavy atom. The summed E-state index contributed by atoms with van der Waals surface area (Å²) in [5.41, 5.74) is 1.01. The Kier molecular flexibility index (Phi) is 4.76. The Morgan fingerprint density at radius 2 is 2.40 bits per heavy atom. The number of likely N-dealkylation sites (tertiary alicyclic amines) is 1. The monoisotopic (exact) mass is 278 g/mol. The highest BCUT2D eigenvalue weighted by molar-refractivity contribution is 5.83. The Bertz CT molecular complexity index is 456. The summed E-state index contributed by atoms with van der Waals surface area (Å²) >= 11 is 0. The Morgan fingerprint density at radius 3 is 3.05 bits per heavy atom. The van der Waals surface area contributed by atoms with Gasteiger partial charge in [0, 0.05) is 43.9 Å². The van der Waals surface area contributed by atoms with Gasteiger partial charge in [0.15, 0.2) is 0 Å². The number of nitrogens with zero attached hydrogens (tertiary/aromatic N) is 2. The molecule has 110 valence electrons. The maximum atomic E-state index is 12.1. The van der Waals surface area contributed by atoms with Gasteiger partial charge in [-0.2, -0.15) is 5.10 Å². The first-order valence-corrected chi connectivity index (χ1v) is 7.13.